The zero-order valence-corrected chi connectivity index (χ0v) is 21.6. The van der Waals surface area contributed by atoms with Gasteiger partial charge in [0.25, 0.3) is 0 Å². The Balaban J connectivity index is 1.63. The summed E-state index contributed by atoms with van der Waals surface area (Å²) >= 11 is 0. The molecule has 3 aromatic carbocycles. The number of ketones is 1. The van der Waals surface area contributed by atoms with Crippen molar-refractivity contribution in [1.82, 2.24) is 0 Å². The topological polar surface area (TPSA) is 98.8 Å². The largest absolute Gasteiger partial charge is 0.496 e. The van der Waals surface area contributed by atoms with Crippen molar-refractivity contribution in [2.45, 2.75) is 12.3 Å². The summed E-state index contributed by atoms with van der Waals surface area (Å²) in [5, 5.41) is 0. The van der Waals surface area contributed by atoms with Crippen LogP contribution in [0.2, 0.25) is 0 Å². The average Bonchev–Trinajstić information content (AvgIpc) is 3.26. The Hall–Kier alpha value is -4.66. The number of methoxy groups -OCH3 is 5. The molecule has 2 aliphatic heterocycles. The number of carbonyl (C=O) groups excluding carboxylic acids is 2. The summed E-state index contributed by atoms with van der Waals surface area (Å²) in [7, 11) is 7.65. The Labute approximate surface area is 219 Å². The fourth-order valence-corrected chi connectivity index (χ4v) is 4.86. The Morgan fingerprint density at radius 3 is 2.18 bits per heavy atom. The van der Waals surface area contributed by atoms with Crippen molar-refractivity contribution < 1.29 is 42.7 Å². The zero-order valence-electron chi connectivity index (χ0n) is 21.6. The number of fused-ring (bicyclic) bond motifs is 3. The molecule has 0 N–H and O–H groups in total. The lowest BCUT2D eigenvalue weighted by atomic mass is 9.84. The van der Waals surface area contributed by atoms with Crippen LogP contribution in [0.15, 0.2) is 48.2 Å². The zero-order chi connectivity index (χ0) is 27.0. The molecule has 0 spiro atoms. The van der Waals surface area contributed by atoms with Crippen LogP contribution in [0.4, 0.5) is 0 Å². The van der Waals surface area contributed by atoms with E-state index in [-0.39, 0.29) is 18.0 Å². The van der Waals surface area contributed by atoms with Crippen LogP contribution >= 0.6 is 0 Å². The molecule has 1 atom stereocenters. The van der Waals surface area contributed by atoms with Crippen LogP contribution in [0.1, 0.15) is 39.4 Å². The molecule has 0 aromatic heterocycles. The number of para-hydroxylation sites is 1. The second-order valence-corrected chi connectivity index (χ2v) is 8.56. The molecule has 0 saturated heterocycles. The van der Waals surface area contributed by atoms with E-state index in [4.69, 9.17) is 33.2 Å². The molecule has 2 aliphatic rings. The molecule has 0 amide bonds. The highest BCUT2D eigenvalue weighted by atomic mass is 16.5. The maximum atomic E-state index is 13.5. The van der Waals surface area contributed by atoms with E-state index in [9.17, 15) is 9.59 Å². The maximum Gasteiger partial charge on any atom is 0.312 e. The number of rotatable bonds is 7. The minimum absolute atomic E-state index is 0.0348. The van der Waals surface area contributed by atoms with Crippen molar-refractivity contribution in [2.75, 3.05) is 35.5 Å². The van der Waals surface area contributed by atoms with Crippen molar-refractivity contribution in [3.63, 3.8) is 0 Å². The van der Waals surface area contributed by atoms with E-state index >= 15 is 0 Å². The summed E-state index contributed by atoms with van der Waals surface area (Å²) in [4.78, 5) is 26.0. The minimum atomic E-state index is -0.492. The second-order valence-electron chi connectivity index (χ2n) is 8.56. The molecule has 38 heavy (non-hydrogen) atoms. The number of carbonyl (C=O) groups is 2. The lowest BCUT2D eigenvalue weighted by Gasteiger charge is -2.27. The van der Waals surface area contributed by atoms with Crippen molar-refractivity contribution in [3.05, 3.63) is 70.5 Å². The van der Waals surface area contributed by atoms with E-state index in [1.165, 1.54) is 28.4 Å². The first-order chi connectivity index (χ1) is 18.4. The first kappa shape index (κ1) is 25.0. The smallest absolute Gasteiger partial charge is 0.312 e. The van der Waals surface area contributed by atoms with E-state index in [0.717, 1.165) is 0 Å². The first-order valence-electron chi connectivity index (χ1n) is 11.8. The predicted molar refractivity (Wildman–Crippen MR) is 137 cm³/mol. The van der Waals surface area contributed by atoms with Gasteiger partial charge in [0, 0.05) is 28.7 Å². The van der Waals surface area contributed by atoms with E-state index in [2.05, 4.69) is 0 Å². The van der Waals surface area contributed by atoms with Crippen LogP contribution in [0, 0.1) is 0 Å². The summed E-state index contributed by atoms with van der Waals surface area (Å²) in [6.45, 7) is 0. The van der Waals surface area contributed by atoms with Gasteiger partial charge in [-0.15, -0.1) is 0 Å². The van der Waals surface area contributed by atoms with Crippen molar-refractivity contribution in [3.8, 4) is 40.2 Å². The van der Waals surface area contributed by atoms with Gasteiger partial charge in [-0.3, -0.25) is 9.59 Å². The molecule has 0 saturated carbocycles. The highest BCUT2D eigenvalue weighted by molar-refractivity contribution is 6.15. The molecular formula is C29H26O9. The minimum Gasteiger partial charge on any atom is -0.496 e. The predicted octanol–water partition coefficient (Wildman–Crippen LogP) is 4.79. The number of esters is 1. The summed E-state index contributed by atoms with van der Waals surface area (Å²) in [6, 6.07) is 12.0. The van der Waals surface area contributed by atoms with Gasteiger partial charge >= 0.3 is 5.97 Å². The summed E-state index contributed by atoms with van der Waals surface area (Å²) < 4.78 is 39.1. The third-order valence-corrected chi connectivity index (χ3v) is 6.61. The van der Waals surface area contributed by atoms with Crippen LogP contribution in [0.5, 0.6) is 40.2 Å². The summed E-state index contributed by atoms with van der Waals surface area (Å²) in [5.41, 5.74) is 2.23. The van der Waals surface area contributed by atoms with Gasteiger partial charge in [0.15, 0.2) is 28.8 Å². The third kappa shape index (κ3) is 4.06. The Morgan fingerprint density at radius 1 is 0.789 bits per heavy atom. The SMILES string of the molecule is COc1cc(OC)c(OC)cc1/C=C1\Oc2c(ccc3c2C(c2cccc(OC)c2OC)CC(=O)O3)C1=O. The van der Waals surface area contributed by atoms with Gasteiger partial charge in [-0.25, -0.2) is 0 Å². The molecule has 3 aromatic rings. The number of hydrogen-bond donors (Lipinski definition) is 0. The Morgan fingerprint density at radius 2 is 1.50 bits per heavy atom. The van der Waals surface area contributed by atoms with Gasteiger partial charge in [0.05, 0.1) is 47.5 Å². The molecule has 0 aliphatic carbocycles. The molecule has 0 bridgehead atoms. The normalized spacial score (nSPS) is 16.8. The van der Waals surface area contributed by atoms with Gasteiger partial charge in [-0.05, 0) is 30.3 Å². The number of allylic oxidation sites excluding steroid dienone is 1. The van der Waals surface area contributed by atoms with Crippen molar-refractivity contribution in [1.29, 1.82) is 0 Å². The number of Topliss-reactive ketones (excluding diaryl/α,β-unsaturated/α-hetero) is 1. The van der Waals surface area contributed by atoms with Crippen molar-refractivity contribution >= 4 is 17.8 Å². The molecular weight excluding hydrogens is 492 g/mol. The third-order valence-electron chi connectivity index (χ3n) is 6.61. The Bertz CT molecular complexity index is 1470. The molecule has 9 heteroatoms. The maximum absolute atomic E-state index is 13.5. The van der Waals surface area contributed by atoms with E-state index in [1.54, 1.807) is 43.5 Å². The van der Waals surface area contributed by atoms with E-state index in [0.29, 0.717) is 62.5 Å². The fraction of sp³-hybridized carbons (Fsp3) is 0.241. The molecule has 5 rings (SSSR count). The lowest BCUT2D eigenvalue weighted by Crippen LogP contribution is -2.22. The molecule has 1 unspecified atom stereocenters. The summed E-state index contributed by atoms with van der Waals surface area (Å²) in [6.07, 6.45) is 1.62. The molecule has 2 heterocycles. The highest BCUT2D eigenvalue weighted by Crippen LogP contribution is 2.51. The molecule has 196 valence electrons. The number of ether oxygens (including phenoxy) is 7. The summed E-state index contributed by atoms with van der Waals surface area (Å²) in [5.74, 6) is 1.99. The van der Waals surface area contributed by atoms with Crippen LogP contribution < -0.4 is 33.2 Å². The first-order valence-corrected chi connectivity index (χ1v) is 11.8. The molecule has 0 radical (unpaired) electrons. The standard InChI is InChI=1S/C29H26O9/c1-32-20-8-6-7-16(28(20)36-5)18-13-25(30)37-19-10-9-17-27(31)24(38-29(17)26(18)19)12-15-11-22(34-3)23(35-4)14-21(15)33-2/h6-12,14,18H,13H2,1-5H3/b24-12-. The van der Waals surface area contributed by atoms with Crippen LogP contribution in [0.25, 0.3) is 6.08 Å². The fourth-order valence-electron chi connectivity index (χ4n) is 4.86. The molecule has 9 nitrogen and oxygen atoms in total. The molecule has 0 fully saturated rings. The monoisotopic (exact) mass is 518 g/mol. The second kappa shape index (κ2) is 10.0. The van der Waals surface area contributed by atoms with Gasteiger partial charge in [0.1, 0.15) is 17.2 Å². The van der Waals surface area contributed by atoms with Crippen molar-refractivity contribution in [2.24, 2.45) is 0 Å². The van der Waals surface area contributed by atoms with E-state index < -0.39 is 11.9 Å². The van der Waals surface area contributed by atoms with Gasteiger partial charge in [-0.1, -0.05) is 12.1 Å². The van der Waals surface area contributed by atoms with Gasteiger partial charge in [0.2, 0.25) is 5.78 Å². The van der Waals surface area contributed by atoms with Crippen LogP contribution in [0.3, 0.4) is 0 Å². The van der Waals surface area contributed by atoms with Crippen LogP contribution in [-0.4, -0.2) is 47.3 Å². The number of hydrogen-bond acceptors (Lipinski definition) is 9. The Kier molecular flexibility index (Phi) is 6.59. The quantitative estimate of drug-likeness (QED) is 0.248. The van der Waals surface area contributed by atoms with Crippen LogP contribution in [-0.2, 0) is 4.79 Å². The lowest BCUT2D eigenvalue weighted by molar-refractivity contribution is -0.135. The van der Waals surface area contributed by atoms with Gasteiger partial charge < -0.3 is 33.2 Å². The average molecular weight is 519 g/mol. The van der Waals surface area contributed by atoms with E-state index in [1.807, 2.05) is 12.1 Å². The highest BCUT2D eigenvalue weighted by Gasteiger charge is 2.40. The number of benzene rings is 3. The van der Waals surface area contributed by atoms with Gasteiger partial charge in [-0.2, -0.15) is 0 Å².